The van der Waals surface area contributed by atoms with E-state index >= 15 is 0 Å². The lowest BCUT2D eigenvalue weighted by Gasteiger charge is -2.20. The lowest BCUT2D eigenvalue weighted by Crippen LogP contribution is -2.20. The Morgan fingerprint density at radius 1 is 0.750 bits per heavy atom. The fourth-order valence-electron chi connectivity index (χ4n) is 2.60. The van der Waals surface area contributed by atoms with E-state index in [-0.39, 0.29) is 29.2 Å². The number of nitrogens with zero attached hydrogens (tertiary/aromatic N) is 4. The molecule has 0 aliphatic rings. The fourth-order valence-corrected chi connectivity index (χ4v) is 2.60. The summed E-state index contributed by atoms with van der Waals surface area (Å²) in [6.07, 6.45) is -11.1. The van der Waals surface area contributed by atoms with Crippen LogP contribution in [0.5, 0.6) is 0 Å². The summed E-state index contributed by atoms with van der Waals surface area (Å²) in [5, 5.41) is 33.4. The van der Waals surface area contributed by atoms with Gasteiger partial charge in [0.05, 0.1) is 26.0 Å². The summed E-state index contributed by atoms with van der Waals surface area (Å²) >= 11 is 0. The highest BCUT2D eigenvalue weighted by Gasteiger charge is 2.42. The van der Waals surface area contributed by atoms with E-state index < -0.39 is 73.1 Å². The van der Waals surface area contributed by atoms with Crippen molar-refractivity contribution >= 4 is 34.8 Å². The van der Waals surface area contributed by atoms with Gasteiger partial charge in [-0.1, -0.05) is 0 Å². The highest BCUT2D eigenvalue weighted by Crippen LogP contribution is 2.46. The SMILES string of the molecule is O=CN(c1ccc([N+](=O)[O-])c(C(F)(F)F)c1)c1c([N+](=O)[O-])cc(C(F)(F)F)cc1[N+](=O)[O-]. The Morgan fingerprint density at radius 3 is 1.56 bits per heavy atom. The van der Waals surface area contributed by atoms with E-state index in [4.69, 9.17) is 0 Å². The lowest BCUT2D eigenvalue weighted by atomic mass is 10.1. The van der Waals surface area contributed by atoms with Gasteiger partial charge in [0.25, 0.3) is 5.69 Å². The van der Waals surface area contributed by atoms with Gasteiger partial charge in [0, 0.05) is 18.2 Å². The number of carbonyl (C=O) groups is 1. The number of hydrogen-bond acceptors (Lipinski definition) is 7. The molecule has 0 aromatic heterocycles. The van der Waals surface area contributed by atoms with Gasteiger partial charge < -0.3 is 0 Å². The van der Waals surface area contributed by atoms with Crippen LogP contribution < -0.4 is 4.90 Å². The third-order valence-electron chi connectivity index (χ3n) is 3.90. The average Bonchev–Trinajstić information content (AvgIpc) is 2.66. The van der Waals surface area contributed by atoms with Gasteiger partial charge in [-0.3, -0.25) is 40.0 Å². The zero-order valence-corrected chi connectivity index (χ0v) is 14.9. The first-order chi connectivity index (χ1) is 14.6. The summed E-state index contributed by atoms with van der Waals surface area (Å²) in [7, 11) is 0. The normalized spacial score (nSPS) is 11.7. The highest BCUT2D eigenvalue weighted by molar-refractivity contribution is 5.95. The Kier molecular flexibility index (Phi) is 6.05. The molecule has 0 fully saturated rings. The molecule has 0 heterocycles. The summed E-state index contributed by atoms with van der Waals surface area (Å²) in [6, 6.07) is 0.491. The molecular formula is C15H6F6N4O7. The third-order valence-corrected chi connectivity index (χ3v) is 3.90. The van der Waals surface area contributed by atoms with Crippen molar-refractivity contribution in [3.63, 3.8) is 0 Å². The first-order valence-electron chi connectivity index (χ1n) is 7.73. The smallest absolute Gasteiger partial charge is 0.278 e. The Morgan fingerprint density at radius 2 is 1.22 bits per heavy atom. The van der Waals surface area contributed by atoms with Gasteiger partial charge in [0.15, 0.2) is 0 Å². The van der Waals surface area contributed by atoms with Crippen LogP contribution in [-0.4, -0.2) is 21.2 Å². The van der Waals surface area contributed by atoms with Gasteiger partial charge >= 0.3 is 23.7 Å². The van der Waals surface area contributed by atoms with Gasteiger partial charge in [-0.15, -0.1) is 0 Å². The Hall–Kier alpha value is -4.31. The molecule has 17 heteroatoms. The molecule has 0 aliphatic heterocycles. The van der Waals surface area contributed by atoms with Gasteiger partial charge in [0.2, 0.25) is 12.1 Å². The maximum atomic E-state index is 13.2. The second-order valence-electron chi connectivity index (χ2n) is 5.81. The van der Waals surface area contributed by atoms with Gasteiger partial charge in [-0.05, 0) is 12.1 Å². The standard InChI is InChI=1S/C15H6F6N4O7/c16-14(17,18)7-3-11(24(29)30)13(12(4-7)25(31)32)22(6-26)8-1-2-10(23(27)28)9(5-8)15(19,20)21/h1-6H. The van der Waals surface area contributed by atoms with Crippen molar-refractivity contribution in [1.29, 1.82) is 0 Å². The van der Waals surface area contributed by atoms with E-state index in [1.165, 1.54) is 0 Å². The van der Waals surface area contributed by atoms with E-state index in [9.17, 15) is 61.5 Å². The number of anilines is 2. The van der Waals surface area contributed by atoms with Crippen molar-refractivity contribution in [2.24, 2.45) is 0 Å². The molecule has 2 aromatic carbocycles. The number of amides is 1. The number of nitro benzene ring substituents is 3. The molecule has 0 saturated carbocycles. The number of alkyl halides is 6. The molecule has 2 aromatic rings. The molecule has 32 heavy (non-hydrogen) atoms. The lowest BCUT2D eigenvalue weighted by molar-refractivity contribution is -0.392. The second-order valence-corrected chi connectivity index (χ2v) is 5.81. The van der Waals surface area contributed by atoms with E-state index in [1.807, 2.05) is 0 Å². The topological polar surface area (TPSA) is 150 Å². The largest absolute Gasteiger partial charge is 0.423 e. The van der Waals surface area contributed by atoms with Crippen LogP contribution in [0.15, 0.2) is 30.3 Å². The highest BCUT2D eigenvalue weighted by atomic mass is 19.4. The summed E-state index contributed by atoms with van der Waals surface area (Å²) in [6.45, 7) is 0. The number of rotatable bonds is 6. The minimum atomic E-state index is -5.36. The van der Waals surface area contributed by atoms with Crippen molar-refractivity contribution < 1.29 is 45.9 Å². The number of hydrogen-bond donors (Lipinski definition) is 0. The molecule has 0 atom stereocenters. The van der Waals surface area contributed by atoms with Crippen LogP contribution in [0.25, 0.3) is 0 Å². The minimum absolute atomic E-state index is 0.00233. The molecule has 0 spiro atoms. The number of carbonyl (C=O) groups excluding carboxylic acids is 1. The van der Waals surface area contributed by atoms with Crippen molar-refractivity contribution in [2.75, 3.05) is 4.90 Å². The minimum Gasteiger partial charge on any atom is -0.278 e. The molecule has 11 nitrogen and oxygen atoms in total. The maximum absolute atomic E-state index is 13.2. The summed E-state index contributed by atoms with van der Waals surface area (Å²) in [5.41, 5.74) is -10.8. The van der Waals surface area contributed by atoms with Crippen LogP contribution >= 0.6 is 0 Å². The first-order valence-corrected chi connectivity index (χ1v) is 7.73. The van der Waals surface area contributed by atoms with Crippen molar-refractivity contribution in [3.05, 3.63) is 71.8 Å². The van der Waals surface area contributed by atoms with E-state index in [2.05, 4.69) is 0 Å². The Bertz CT molecular complexity index is 1100. The summed E-state index contributed by atoms with van der Waals surface area (Å²) < 4.78 is 78.6. The third kappa shape index (κ3) is 4.55. The van der Waals surface area contributed by atoms with Crippen LogP contribution in [0.3, 0.4) is 0 Å². The van der Waals surface area contributed by atoms with Gasteiger partial charge in [-0.25, -0.2) is 0 Å². The zero-order chi connectivity index (χ0) is 24.6. The molecule has 0 aliphatic carbocycles. The number of benzene rings is 2. The summed E-state index contributed by atoms with van der Waals surface area (Å²) in [5.74, 6) is 0. The number of nitro groups is 3. The maximum Gasteiger partial charge on any atom is 0.423 e. The fraction of sp³-hybridized carbons (Fsp3) is 0.133. The predicted molar refractivity (Wildman–Crippen MR) is 91.1 cm³/mol. The van der Waals surface area contributed by atoms with Crippen LogP contribution in [0.1, 0.15) is 11.1 Å². The second kappa shape index (κ2) is 8.08. The molecule has 1 amide bonds. The molecule has 0 bridgehead atoms. The van der Waals surface area contributed by atoms with Crippen molar-refractivity contribution in [1.82, 2.24) is 0 Å². The van der Waals surface area contributed by atoms with E-state index in [1.54, 1.807) is 0 Å². The molecule has 2 rings (SSSR count). The quantitative estimate of drug-likeness (QED) is 0.257. The van der Waals surface area contributed by atoms with E-state index in [0.717, 1.165) is 0 Å². The van der Waals surface area contributed by atoms with Crippen LogP contribution in [0, 0.1) is 30.3 Å². The Balaban J connectivity index is 2.91. The molecule has 0 unspecified atom stereocenters. The molecule has 0 N–H and O–H groups in total. The van der Waals surface area contributed by atoms with Crippen LogP contribution in [-0.2, 0) is 17.1 Å². The van der Waals surface area contributed by atoms with Gasteiger partial charge in [0.1, 0.15) is 5.56 Å². The Labute approximate surface area is 170 Å². The molecule has 0 radical (unpaired) electrons. The zero-order valence-electron chi connectivity index (χ0n) is 14.9. The molecule has 170 valence electrons. The van der Waals surface area contributed by atoms with E-state index in [0.29, 0.717) is 6.07 Å². The van der Waals surface area contributed by atoms with Crippen LogP contribution in [0.4, 0.5) is 54.8 Å². The van der Waals surface area contributed by atoms with Crippen LogP contribution in [0.2, 0.25) is 0 Å². The molecular weight excluding hydrogens is 462 g/mol. The predicted octanol–water partition coefficient (Wildman–Crippen LogP) is 4.74. The summed E-state index contributed by atoms with van der Waals surface area (Å²) in [4.78, 5) is 40.5. The van der Waals surface area contributed by atoms with Crippen molar-refractivity contribution in [2.45, 2.75) is 12.4 Å². The van der Waals surface area contributed by atoms with Crippen molar-refractivity contribution in [3.8, 4) is 0 Å². The number of halogens is 6. The molecule has 0 saturated heterocycles. The monoisotopic (exact) mass is 468 g/mol. The first kappa shape index (κ1) is 24.0. The van der Waals surface area contributed by atoms with Gasteiger partial charge in [-0.2, -0.15) is 26.3 Å². The average molecular weight is 468 g/mol.